The first-order valence-electron chi connectivity index (χ1n) is 22.8. The molecule has 0 aliphatic heterocycles. The second-order valence-corrected chi connectivity index (χ2v) is 16.8. The summed E-state index contributed by atoms with van der Waals surface area (Å²) in [6.45, 7) is 2.82. The molecule has 15 heteroatoms. The number of allylic oxidation sites excluding steroid dienone is 17. The lowest BCUT2D eigenvalue weighted by molar-refractivity contribution is -0.220. The predicted molar refractivity (Wildman–Crippen MR) is 250 cm³/mol. The van der Waals surface area contributed by atoms with Crippen molar-refractivity contribution in [2.24, 2.45) is 0 Å². The van der Waals surface area contributed by atoms with Gasteiger partial charge >= 0.3 is 19.8 Å². The summed E-state index contributed by atoms with van der Waals surface area (Å²) in [5, 5.41) is 59.6. The topological polar surface area (TPSA) is 230 Å². The number of aliphatic hydroxyl groups is 6. The molecule has 0 heterocycles. The molecular weight excluding hydrogens is 843 g/mol. The Bertz CT molecular complexity index is 1550. The lowest BCUT2D eigenvalue weighted by Gasteiger charge is -2.41. The van der Waals surface area contributed by atoms with Gasteiger partial charge < -0.3 is 45.0 Å². The highest BCUT2D eigenvalue weighted by atomic mass is 31.2. The molecule has 1 aliphatic carbocycles. The molecule has 9 atom stereocenters. The van der Waals surface area contributed by atoms with Crippen LogP contribution in [0.1, 0.15) is 123 Å². The average Bonchev–Trinajstić information content (AvgIpc) is 3.28. The molecule has 14 nitrogen and oxygen atoms in total. The molecule has 0 aromatic heterocycles. The number of hydrogen-bond donors (Lipinski definition) is 7. The fourth-order valence-electron chi connectivity index (χ4n) is 5.91. The van der Waals surface area contributed by atoms with E-state index in [1.807, 2.05) is 55.5 Å². The van der Waals surface area contributed by atoms with Crippen molar-refractivity contribution >= 4 is 19.8 Å². The van der Waals surface area contributed by atoms with Crippen molar-refractivity contribution in [1.82, 2.24) is 0 Å². The normalized spacial score (nSPS) is 23.1. The van der Waals surface area contributed by atoms with Crippen LogP contribution in [0.5, 0.6) is 0 Å². The van der Waals surface area contributed by atoms with Crippen LogP contribution in [0.25, 0.3) is 0 Å². The van der Waals surface area contributed by atoms with E-state index in [-0.39, 0.29) is 12.8 Å². The second kappa shape index (κ2) is 37.7. The molecule has 0 radical (unpaired) electrons. The third kappa shape index (κ3) is 29.8. The minimum absolute atomic E-state index is 0.00552. The molecule has 362 valence electrons. The van der Waals surface area contributed by atoms with Gasteiger partial charge in [0.2, 0.25) is 0 Å². The summed E-state index contributed by atoms with van der Waals surface area (Å²) in [5.74, 6) is -1.27. The number of phosphoric ester groups is 1. The molecule has 1 saturated carbocycles. The molecule has 0 aromatic carbocycles. The van der Waals surface area contributed by atoms with Gasteiger partial charge in [0.05, 0.1) is 12.7 Å². The summed E-state index contributed by atoms with van der Waals surface area (Å²) in [6.07, 6.45) is 35.3. The Morgan fingerprint density at radius 3 is 1.48 bits per heavy atom. The quantitative estimate of drug-likeness (QED) is 0.0106. The van der Waals surface area contributed by atoms with E-state index in [4.69, 9.17) is 18.5 Å². The van der Waals surface area contributed by atoms with Crippen molar-refractivity contribution in [3.63, 3.8) is 0 Å². The minimum atomic E-state index is -5.16. The number of aliphatic hydroxyl groups excluding tert-OH is 6. The van der Waals surface area contributed by atoms with Gasteiger partial charge in [-0.1, -0.05) is 136 Å². The molecule has 3 unspecified atom stereocenters. The van der Waals surface area contributed by atoms with Crippen molar-refractivity contribution in [1.29, 1.82) is 0 Å². The third-order valence-electron chi connectivity index (χ3n) is 9.76. The third-order valence-corrected chi connectivity index (χ3v) is 10.7. The summed E-state index contributed by atoms with van der Waals surface area (Å²) < 4.78 is 33.4. The van der Waals surface area contributed by atoms with Gasteiger partial charge in [0.15, 0.2) is 6.10 Å². The van der Waals surface area contributed by atoms with Gasteiger partial charge in [-0.2, -0.15) is 0 Å². The van der Waals surface area contributed by atoms with Gasteiger partial charge in [-0.15, -0.1) is 0 Å². The first-order chi connectivity index (χ1) is 30.8. The molecule has 0 amide bonds. The zero-order valence-electron chi connectivity index (χ0n) is 37.9. The number of hydrogen-bond acceptors (Lipinski definition) is 13. The monoisotopic (exact) mass is 921 g/mol. The lowest BCUT2D eigenvalue weighted by atomic mass is 9.85. The fraction of sp³-hybridized carbons (Fsp3) is 0.592. The summed E-state index contributed by atoms with van der Waals surface area (Å²) >= 11 is 0. The Morgan fingerprint density at radius 1 is 0.562 bits per heavy atom. The standard InChI is InChI=1S/C49H77O14P/c1-3-5-6-7-8-9-10-11-12-13-14-19-22-25-28-31-34-37-43(52)62-41(39-61-64(58,59)63-49-47(56)45(54)44(53)46(55)48(49)57)38-60-42(51)36-33-30-27-24-21-18-16-15-17-20-23-26-29-32-35-40(50)4-2/h8-9,11-12,14,16-20,24-29,32,35,40-41,44-50,53-57H,3-7,10,13,15,21-23,30-31,33-34,36-39H2,1-2H3,(H,58,59)/b9-8-,12-11-,18-16-,19-14-,20-17-,27-24-,28-25-,29-26-,35-32+/t40-,41+,44?,45-,46+,47+,48+,49?/m0/s1. The molecule has 1 rings (SSSR count). The van der Waals surface area contributed by atoms with Crippen molar-refractivity contribution in [3.05, 3.63) is 109 Å². The number of carbonyl (C=O) groups excluding carboxylic acids is 2. The first kappa shape index (κ1) is 58.5. The van der Waals surface area contributed by atoms with Crippen LogP contribution in [-0.2, 0) is 32.7 Å². The summed E-state index contributed by atoms with van der Waals surface area (Å²) in [7, 11) is -5.16. The minimum Gasteiger partial charge on any atom is -0.462 e. The van der Waals surface area contributed by atoms with Gasteiger partial charge in [0, 0.05) is 12.8 Å². The molecular formula is C49H77O14P. The van der Waals surface area contributed by atoms with Crippen LogP contribution >= 0.6 is 7.82 Å². The van der Waals surface area contributed by atoms with E-state index in [1.165, 1.54) is 19.3 Å². The Kier molecular flexibility index (Phi) is 34.4. The zero-order valence-corrected chi connectivity index (χ0v) is 38.8. The van der Waals surface area contributed by atoms with Crippen molar-refractivity contribution in [3.8, 4) is 0 Å². The highest BCUT2D eigenvalue weighted by Crippen LogP contribution is 2.47. The molecule has 1 fully saturated rings. The van der Waals surface area contributed by atoms with E-state index < -0.39 is 81.8 Å². The molecule has 0 spiro atoms. The molecule has 1 aliphatic rings. The maximum absolute atomic E-state index is 12.8. The number of unbranched alkanes of at least 4 members (excludes halogenated alkanes) is 5. The molecule has 7 N–H and O–H groups in total. The van der Waals surface area contributed by atoms with Crippen molar-refractivity contribution in [2.75, 3.05) is 13.2 Å². The largest absolute Gasteiger partial charge is 0.472 e. The van der Waals surface area contributed by atoms with Gasteiger partial charge in [0.1, 0.15) is 43.2 Å². The molecule has 64 heavy (non-hydrogen) atoms. The predicted octanol–water partition coefficient (Wildman–Crippen LogP) is 7.80. The van der Waals surface area contributed by atoms with E-state index in [0.717, 1.165) is 44.9 Å². The van der Waals surface area contributed by atoms with Crippen LogP contribution < -0.4 is 0 Å². The van der Waals surface area contributed by atoms with Gasteiger partial charge in [-0.3, -0.25) is 18.6 Å². The van der Waals surface area contributed by atoms with E-state index >= 15 is 0 Å². The van der Waals surface area contributed by atoms with E-state index in [9.17, 15) is 49.7 Å². The SMILES string of the molecule is CCCCC/C=C\C/C=C\C/C=C\C/C=C\CCCC(=O)O[C@H](COC(=O)CCC/C=C\C/C=C\C/C=C\C/C=C\C=C\[C@@H](O)CC)COP(=O)(O)OC1[C@H](O)[C@H](O)C(O)[C@H](O)[C@H]1O. The Hall–Kier alpha value is -3.53. The zero-order chi connectivity index (χ0) is 47.3. The Balaban J connectivity index is 2.57. The maximum Gasteiger partial charge on any atom is 0.472 e. The highest BCUT2D eigenvalue weighted by Gasteiger charge is 2.51. The van der Waals surface area contributed by atoms with Crippen molar-refractivity contribution in [2.45, 2.75) is 172 Å². The van der Waals surface area contributed by atoms with E-state index in [2.05, 4.69) is 61.6 Å². The van der Waals surface area contributed by atoms with Crippen LogP contribution in [0.3, 0.4) is 0 Å². The average molecular weight is 921 g/mol. The van der Waals surface area contributed by atoms with Crippen LogP contribution in [0, 0.1) is 0 Å². The van der Waals surface area contributed by atoms with Gasteiger partial charge in [-0.25, -0.2) is 4.57 Å². The molecule has 0 saturated heterocycles. The van der Waals surface area contributed by atoms with Crippen LogP contribution in [-0.4, -0.2) is 110 Å². The number of ether oxygens (including phenoxy) is 2. The fourth-order valence-corrected chi connectivity index (χ4v) is 6.88. The summed E-state index contributed by atoms with van der Waals surface area (Å²) in [4.78, 5) is 35.6. The Labute approximate surface area is 381 Å². The number of phosphoric acid groups is 1. The van der Waals surface area contributed by atoms with Crippen LogP contribution in [0.2, 0.25) is 0 Å². The van der Waals surface area contributed by atoms with E-state index in [0.29, 0.717) is 32.1 Å². The lowest BCUT2D eigenvalue weighted by Crippen LogP contribution is -2.64. The number of carbonyl (C=O) groups is 2. The van der Waals surface area contributed by atoms with Crippen LogP contribution in [0.15, 0.2) is 109 Å². The molecule has 0 aromatic rings. The van der Waals surface area contributed by atoms with E-state index in [1.54, 1.807) is 6.08 Å². The van der Waals surface area contributed by atoms with Crippen molar-refractivity contribution < 1.29 is 68.2 Å². The van der Waals surface area contributed by atoms with Gasteiger partial charge in [-0.05, 0) is 83.5 Å². The smallest absolute Gasteiger partial charge is 0.462 e. The maximum atomic E-state index is 12.8. The first-order valence-corrected chi connectivity index (χ1v) is 24.3. The van der Waals surface area contributed by atoms with Gasteiger partial charge in [0.25, 0.3) is 0 Å². The number of esters is 2. The summed E-state index contributed by atoms with van der Waals surface area (Å²) in [5.41, 5.74) is 0. The second-order valence-electron chi connectivity index (χ2n) is 15.4. The summed E-state index contributed by atoms with van der Waals surface area (Å²) in [6, 6.07) is 0. The Morgan fingerprint density at radius 2 is 1.00 bits per heavy atom. The van der Waals surface area contributed by atoms with Crippen LogP contribution in [0.4, 0.5) is 0 Å². The number of rotatable bonds is 35. The highest BCUT2D eigenvalue weighted by molar-refractivity contribution is 7.47. The molecule has 0 bridgehead atoms.